The molecule has 0 spiro atoms. The van der Waals surface area contributed by atoms with Gasteiger partial charge >= 0.3 is 5.97 Å². The summed E-state index contributed by atoms with van der Waals surface area (Å²) in [6.45, 7) is 0. The maximum Gasteiger partial charge on any atom is 0.336 e. The fourth-order valence-corrected chi connectivity index (χ4v) is 2.87. The van der Waals surface area contributed by atoms with Gasteiger partial charge < -0.3 is 10.6 Å². The number of fused-ring (bicyclic) bond motifs is 1. The predicted octanol–water partition coefficient (Wildman–Crippen LogP) is 0.642. The summed E-state index contributed by atoms with van der Waals surface area (Å²) in [7, 11) is 0. The number of hydrogen-bond donors (Lipinski definition) is 1. The van der Waals surface area contributed by atoms with E-state index < -0.39 is 29.6 Å². The average molecular weight is 302 g/mol. The van der Waals surface area contributed by atoms with E-state index in [-0.39, 0.29) is 23.5 Å². The van der Waals surface area contributed by atoms with Gasteiger partial charge in [0, 0.05) is 5.92 Å². The minimum Gasteiger partial charge on any atom is -0.369 e. The number of hydrogen-bond acceptors (Lipinski definition) is 5. The number of primary amides is 1. The van der Waals surface area contributed by atoms with Gasteiger partial charge in [-0.15, -0.1) is 0 Å². The molecule has 1 fully saturated rings. The molecule has 0 saturated heterocycles. The summed E-state index contributed by atoms with van der Waals surface area (Å²) in [5.74, 6) is -3.33. The van der Waals surface area contributed by atoms with E-state index >= 15 is 0 Å². The first-order valence-electron chi connectivity index (χ1n) is 6.98. The quantitative estimate of drug-likeness (QED) is 0.825. The maximum absolute atomic E-state index is 12.1. The molecule has 1 saturated carbocycles. The monoisotopic (exact) mass is 302 g/mol. The van der Waals surface area contributed by atoms with Crippen molar-refractivity contribution in [2.24, 2.45) is 17.6 Å². The maximum atomic E-state index is 12.1. The zero-order valence-electron chi connectivity index (χ0n) is 11.7. The summed E-state index contributed by atoms with van der Waals surface area (Å²) in [5, 5.41) is 0.491. The first-order valence-corrected chi connectivity index (χ1v) is 6.98. The molecule has 7 nitrogen and oxygen atoms in total. The Morgan fingerprint density at radius 1 is 1.05 bits per heavy atom. The number of amides is 3. The highest BCUT2D eigenvalue weighted by Crippen LogP contribution is 2.32. The Kier molecular flexibility index (Phi) is 3.40. The lowest BCUT2D eigenvalue weighted by molar-refractivity contribution is -0.173. The van der Waals surface area contributed by atoms with Crippen LogP contribution in [0.15, 0.2) is 24.3 Å². The van der Waals surface area contributed by atoms with E-state index in [0.717, 1.165) is 0 Å². The minimum absolute atomic E-state index is 0.210. The van der Waals surface area contributed by atoms with Gasteiger partial charge in [-0.2, -0.15) is 0 Å². The number of rotatable bonds is 3. The molecule has 2 aliphatic rings. The molecule has 1 aromatic rings. The molecule has 1 heterocycles. The van der Waals surface area contributed by atoms with Crippen LogP contribution in [0.5, 0.6) is 0 Å². The van der Waals surface area contributed by atoms with Crippen molar-refractivity contribution >= 4 is 23.7 Å². The van der Waals surface area contributed by atoms with Crippen LogP contribution in [0.25, 0.3) is 0 Å². The van der Waals surface area contributed by atoms with Crippen LogP contribution in [0.2, 0.25) is 0 Å². The molecule has 7 heteroatoms. The van der Waals surface area contributed by atoms with Crippen molar-refractivity contribution in [1.29, 1.82) is 0 Å². The fraction of sp³-hybridized carbons (Fsp3) is 0.333. The Morgan fingerprint density at radius 3 is 2.09 bits per heavy atom. The van der Waals surface area contributed by atoms with E-state index in [0.29, 0.717) is 17.9 Å². The van der Waals surface area contributed by atoms with Gasteiger partial charge in [-0.1, -0.05) is 17.2 Å². The zero-order chi connectivity index (χ0) is 15.9. The molecule has 22 heavy (non-hydrogen) atoms. The first-order chi connectivity index (χ1) is 10.5. The Bertz CT molecular complexity index is 649. The number of nitrogens with zero attached hydrogens (tertiary/aromatic N) is 1. The molecule has 0 aromatic heterocycles. The van der Waals surface area contributed by atoms with Crippen LogP contribution < -0.4 is 5.73 Å². The van der Waals surface area contributed by atoms with Crippen molar-refractivity contribution in [3.05, 3.63) is 35.4 Å². The van der Waals surface area contributed by atoms with Crippen molar-refractivity contribution in [3.8, 4) is 0 Å². The second-order valence-corrected chi connectivity index (χ2v) is 5.47. The first kappa shape index (κ1) is 14.2. The number of carbonyl (C=O) groups is 4. The lowest BCUT2D eigenvalue weighted by Crippen LogP contribution is -2.35. The lowest BCUT2D eigenvalue weighted by Gasteiger charge is -2.15. The Labute approximate surface area is 126 Å². The lowest BCUT2D eigenvalue weighted by atomic mass is 10.1. The average Bonchev–Trinajstić information content (AvgIpc) is 3.08. The van der Waals surface area contributed by atoms with Gasteiger partial charge in [0.1, 0.15) is 0 Å². The predicted molar refractivity (Wildman–Crippen MR) is 73.1 cm³/mol. The SMILES string of the molecule is NC(=O)[C@H]1CC[C@@H](C(=O)ON2C(=O)c3ccccc3C2=O)C1. The van der Waals surface area contributed by atoms with Crippen molar-refractivity contribution in [3.63, 3.8) is 0 Å². The largest absolute Gasteiger partial charge is 0.369 e. The smallest absolute Gasteiger partial charge is 0.336 e. The van der Waals surface area contributed by atoms with Gasteiger partial charge in [0.25, 0.3) is 11.8 Å². The highest BCUT2D eigenvalue weighted by molar-refractivity contribution is 6.20. The molecule has 2 N–H and O–H groups in total. The van der Waals surface area contributed by atoms with Crippen molar-refractivity contribution < 1.29 is 24.0 Å². The van der Waals surface area contributed by atoms with Crippen LogP contribution in [-0.4, -0.2) is 28.8 Å². The van der Waals surface area contributed by atoms with Crippen LogP contribution in [-0.2, 0) is 14.4 Å². The molecule has 3 rings (SSSR count). The van der Waals surface area contributed by atoms with E-state index in [2.05, 4.69) is 0 Å². The number of nitrogens with two attached hydrogens (primary N) is 1. The Hall–Kier alpha value is -2.70. The van der Waals surface area contributed by atoms with Crippen LogP contribution in [0.1, 0.15) is 40.0 Å². The third kappa shape index (κ3) is 2.24. The highest BCUT2D eigenvalue weighted by Gasteiger charge is 2.41. The van der Waals surface area contributed by atoms with Crippen LogP contribution >= 0.6 is 0 Å². The van der Waals surface area contributed by atoms with Gasteiger partial charge in [-0.3, -0.25) is 14.4 Å². The number of benzene rings is 1. The van der Waals surface area contributed by atoms with Crippen LogP contribution in [0.4, 0.5) is 0 Å². The summed E-state index contributed by atoms with van der Waals surface area (Å²) in [6, 6.07) is 6.26. The summed E-state index contributed by atoms with van der Waals surface area (Å²) in [5.41, 5.74) is 5.64. The standard InChI is InChI=1S/C15H14N2O5/c16-12(18)8-5-6-9(7-8)15(21)22-17-13(19)10-3-1-2-4-11(10)14(17)20/h1-4,8-9H,5-7H2,(H2,16,18)/t8-,9+/m0/s1. The molecule has 3 amide bonds. The number of imide groups is 1. The van der Waals surface area contributed by atoms with Crippen LogP contribution in [0, 0.1) is 11.8 Å². The van der Waals surface area contributed by atoms with Crippen molar-refractivity contribution in [2.75, 3.05) is 0 Å². The van der Waals surface area contributed by atoms with Gasteiger partial charge in [-0.25, -0.2) is 4.79 Å². The van der Waals surface area contributed by atoms with Gasteiger partial charge in [0.15, 0.2) is 0 Å². The second-order valence-electron chi connectivity index (χ2n) is 5.47. The summed E-state index contributed by atoms with van der Waals surface area (Å²) < 4.78 is 0. The third-order valence-corrected chi connectivity index (χ3v) is 4.11. The molecule has 114 valence electrons. The van der Waals surface area contributed by atoms with E-state index in [1.165, 1.54) is 12.1 Å². The molecule has 0 radical (unpaired) electrons. The van der Waals surface area contributed by atoms with Crippen molar-refractivity contribution in [1.82, 2.24) is 5.06 Å². The molecule has 1 aliphatic heterocycles. The highest BCUT2D eigenvalue weighted by atomic mass is 16.7. The minimum atomic E-state index is -0.682. The van der Waals surface area contributed by atoms with E-state index in [1.807, 2.05) is 0 Å². The zero-order valence-corrected chi connectivity index (χ0v) is 11.7. The Morgan fingerprint density at radius 2 is 1.59 bits per heavy atom. The molecule has 2 atom stereocenters. The number of carbonyl (C=O) groups excluding carboxylic acids is 4. The van der Waals surface area contributed by atoms with Gasteiger partial charge in [0.2, 0.25) is 5.91 Å². The third-order valence-electron chi connectivity index (χ3n) is 4.11. The summed E-state index contributed by atoms with van der Waals surface area (Å²) in [4.78, 5) is 52.4. The Balaban J connectivity index is 1.70. The second kappa shape index (κ2) is 5.25. The normalized spacial score (nSPS) is 23.5. The van der Waals surface area contributed by atoms with E-state index in [9.17, 15) is 19.2 Å². The van der Waals surface area contributed by atoms with Gasteiger partial charge in [0.05, 0.1) is 17.0 Å². The molecular formula is C15H14N2O5. The molecule has 0 bridgehead atoms. The molecule has 1 aromatic carbocycles. The molecule has 1 aliphatic carbocycles. The van der Waals surface area contributed by atoms with Gasteiger partial charge in [-0.05, 0) is 31.4 Å². The van der Waals surface area contributed by atoms with E-state index in [4.69, 9.17) is 10.6 Å². The number of hydroxylamine groups is 2. The fourth-order valence-electron chi connectivity index (χ4n) is 2.87. The van der Waals surface area contributed by atoms with Crippen molar-refractivity contribution in [2.45, 2.75) is 19.3 Å². The molecule has 0 unspecified atom stereocenters. The summed E-state index contributed by atoms with van der Waals surface area (Å²) >= 11 is 0. The topological polar surface area (TPSA) is 107 Å². The molecular weight excluding hydrogens is 288 g/mol. The van der Waals surface area contributed by atoms with E-state index in [1.54, 1.807) is 12.1 Å². The van der Waals surface area contributed by atoms with Crippen LogP contribution in [0.3, 0.4) is 0 Å². The summed E-state index contributed by atoms with van der Waals surface area (Å²) in [6.07, 6.45) is 1.25.